The highest BCUT2D eigenvalue weighted by atomic mass is 16.6. The molecular weight excluding hydrogens is 586 g/mol. The van der Waals surface area contributed by atoms with Gasteiger partial charge >= 0.3 is 24.0 Å². The number of hydrogen-bond acceptors (Lipinski definition) is 8. The van der Waals surface area contributed by atoms with Crippen LogP contribution >= 0.6 is 0 Å². The first-order chi connectivity index (χ1) is 22.0. The Kier molecular flexibility index (Phi) is 27.0. The van der Waals surface area contributed by atoms with Gasteiger partial charge in [0.15, 0.2) is 0 Å². The average Bonchev–Trinajstić information content (AvgIpc) is 2.99. The topological polar surface area (TPSA) is 117 Å². The molecule has 1 atom stereocenters. The van der Waals surface area contributed by atoms with Gasteiger partial charge in [0.2, 0.25) is 0 Å². The quantitative estimate of drug-likeness (QED) is 0.0367. The van der Waals surface area contributed by atoms with E-state index in [0.29, 0.717) is 18.8 Å². The minimum atomic E-state index is -0.982. The van der Waals surface area contributed by atoms with Gasteiger partial charge in [0.25, 0.3) is 0 Å². The van der Waals surface area contributed by atoms with Crippen molar-refractivity contribution in [2.75, 3.05) is 19.8 Å². The third-order valence-corrected chi connectivity index (χ3v) is 7.49. The van der Waals surface area contributed by atoms with E-state index in [2.05, 4.69) is 18.8 Å². The van der Waals surface area contributed by atoms with Gasteiger partial charge in [-0.25, -0.2) is 14.4 Å². The van der Waals surface area contributed by atoms with Crippen molar-refractivity contribution in [1.82, 2.24) is 5.32 Å². The van der Waals surface area contributed by atoms with Crippen molar-refractivity contribution in [3.8, 4) is 0 Å². The molecule has 1 N–H and O–H groups in total. The summed E-state index contributed by atoms with van der Waals surface area (Å²) in [4.78, 5) is 48.8. The summed E-state index contributed by atoms with van der Waals surface area (Å²) in [5, 5.41) is 2.57. The van der Waals surface area contributed by atoms with Crippen LogP contribution in [-0.2, 0) is 33.3 Å². The summed E-state index contributed by atoms with van der Waals surface area (Å²) >= 11 is 0. The summed E-state index contributed by atoms with van der Waals surface area (Å²) < 4.78 is 21.2. The largest absolute Gasteiger partial charge is 0.466 e. The van der Waals surface area contributed by atoms with E-state index in [1.807, 2.05) is 0 Å². The maximum atomic E-state index is 12.8. The van der Waals surface area contributed by atoms with Crippen molar-refractivity contribution in [3.05, 3.63) is 12.2 Å². The maximum Gasteiger partial charge on any atom is 0.408 e. The van der Waals surface area contributed by atoms with Crippen LogP contribution in [0.2, 0.25) is 0 Å². The standard InChI is InChI=1S/C37H67NO8/c1-7-8-9-10-11-12-13-14-15-17-22-25-30-45-35(41)32(38-36(42)46-37(4,5)6)26-27-33(39)43-28-23-20-18-16-19-21-24-29-44-34(40)31(2)3/h32H,2,7-30H2,1,3-6H3,(H,38,42)/t32-/m0/s1. The summed E-state index contributed by atoms with van der Waals surface area (Å²) in [6, 6.07) is -0.982. The summed E-state index contributed by atoms with van der Waals surface area (Å²) in [5.41, 5.74) is -0.299. The van der Waals surface area contributed by atoms with E-state index >= 15 is 0 Å². The molecule has 0 aliphatic heterocycles. The lowest BCUT2D eigenvalue weighted by Gasteiger charge is -2.23. The average molecular weight is 654 g/mol. The minimum absolute atomic E-state index is 0.00980. The second-order valence-electron chi connectivity index (χ2n) is 13.4. The smallest absolute Gasteiger partial charge is 0.408 e. The molecule has 46 heavy (non-hydrogen) atoms. The van der Waals surface area contributed by atoms with E-state index in [1.165, 1.54) is 57.8 Å². The molecular formula is C37H67NO8. The maximum absolute atomic E-state index is 12.8. The monoisotopic (exact) mass is 653 g/mol. The number of rotatable bonds is 29. The van der Waals surface area contributed by atoms with E-state index in [9.17, 15) is 19.2 Å². The molecule has 0 aromatic rings. The van der Waals surface area contributed by atoms with Gasteiger partial charge in [-0.2, -0.15) is 0 Å². The van der Waals surface area contributed by atoms with Gasteiger partial charge in [-0.15, -0.1) is 0 Å². The van der Waals surface area contributed by atoms with Gasteiger partial charge in [0.1, 0.15) is 11.6 Å². The van der Waals surface area contributed by atoms with Gasteiger partial charge in [-0.05, 0) is 53.4 Å². The van der Waals surface area contributed by atoms with Gasteiger partial charge in [0.05, 0.1) is 19.8 Å². The van der Waals surface area contributed by atoms with E-state index in [-0.39, 0.29) is 25.4 Å². The van der Waals surface area contributed by atoms with E-state index in [4.69, 9.17) is 18.9 Å². The first kappa shape index (κ1) is 43.4. The number of carbonyl (C=O) groups is 4. The van der Waals surface area contributed by atoms with Crippen molar-refractivity contribution >= 4 is 24.0 Å². The van der Waals surface area contributed by atoms with E-state index in [1.54, 1.807) is 27.7 Å². The molecule has 0 fully saturated rings. The number of nitrogens with one attached hydrogen (secondary N) is 1. The second-order valence-corrected chi connectivity index (χ2v) is 13.4. The summed E-state index contributed by atoms with van der Waals surface area (Å²) in [6.07, 6.45) is 20.7. The lowest BCUT2D eigenvalue weighted by Crippen LogP contribution is -2.44. The van der Waals surface area contributed by atoms with Crippen LogP contribution in [0.3, 0.4) is 0 Å². The number of unbranched alkanes of at least 4 members (excludes halogenated alkanes) is 17. The molecule has 0 heterocycles. The fourth-order valence-corrected chi connectivity index (χ4v) is 4.81. The highest BCUT2D eigenvalue weighted by Crippen LogP contribution is 2.13. The zero-order chi connectivity index (χ0) is 34.5. The first-order valence-electron chi connectivity index (χ1n) is 18.1. The molecule has 0 radical (unpaired) electrons. The van der Waals surface area contributed by atoms with Crippen molar-refractivity contribution in [3.63, 3.8) is 0 Å². The molecule has 0 spiro atoms. The second kappa shape index (κ2) is 28.6. The summed E-state index contributed by atoms with van der Waals surface area (Å²) in [5.74, 6) is -1.31. The van der Waals surface area contributed by atoms with Crippen LogP contribution in [0.15, 0.2) is 12.2 Å². The molecule has 0 saturated heterocycles. The van der Waals surface area contributed by atoms with Gasteiger partial charge < -0.3 is 24.3 Å². The molecule has 0 unspecified atom stereocenters. The van der Waals surface area contributed by atoms with Crippen LogP contribution in [0.1, 0.15) is 169 Å². The lowest BCUT2D eigenvalue weighted by atomic mass is 10.1. The first-order valence-corrected chi connectivity index (χ1v) is 18.1. The predicted octanol–water partition coefficient (Wildman–Crippen LogP) is 9.30. The van der Waals surface area contributed by atoms with Gasteiger partial charge in [-0.3, -0.25) is 4.79 Å². The summed E-state index contributed by atoms with van der Waals surface area (Å²) in [7, 11) is 0. The Morgan fingerprint density at radius 2 is 1.04 bits per heavy atom. The number of hydrogen-bond donors (Lipinski definition) is 1. The molecule has 268 valence electrons. The molecule has 0 aliphatic rings. The normalized spacial score (nSPS) is 11.8. The van der Waals surface area contributed by atoms with Crippen LogP contribution in [0.25, 0.3) is 0 Å². The molecule has 9 nitrogen and oxygen atoms in total. The fraction of sp³-hybridized carbons (Fsp3) is 0.838. The molecule has 0 aromatic heterocycles. The van der Waals surface area contributed by atoms with E-state index in [0.717, 1.165) is 64.2 Å². The van der Waals surface area contributed by atoms with Crippen LogP contribution < -0.4 is 5.32 Å². The molecule has 0 saturated carbocycles. The minimum Gasteiger partial charge on any atom is -0.466 e. The number of carbonyl (C=O) groups excluding carboxylic acids is 4. The number of amides is 1. The lowest BCUT2D eigenvalue weighted by molar-refractivity contribution is -0.148. The van der Waals surface area contributed by atoms with Gasteiger partial charge in [0, 0.05) is 12.0 Å². The molecule has 1 amide bonds. The van der Waals surface area contributed by atoms with Crippen molar-refractivity contribution in [1.29, 1.82) is 0 Å². The number of alkyl carbamates (subject to hydrolysis) is 1. The Hall–Kier alpha value is -2.58. The third kappa shape index (κ3) is 28.9. The molecule has 0 aromatic carbocycles. The Balaban J connectivity index is 4.18. The predicted molar refractivity (Wildman–Crippen MR) is 183 cm³/mol. The molecule has 0 aliphatic carbocycles. The van der Waals surface area contributed by atoms with Crippen LogP contribution in [-0.4, -0.2) is 55.5 Å². The summed E-state index contributed by atoms with van der Waals surface area (Å²) in [6.45, 7) is 13.7. The van der Waals surface area contributed by atoms with Crippen molar-refractivity contribution < 1.29 is 38.1 Å². The van der Waals surface area contributed by atoms with E-state index < -0.39 is 29.7 Å². The van der Waals surface area contributed by atoms with Gasteiger partial charge in [-0.1, -0.05) is 116 Å². The molecule has 9 heteroatoms. The number of esters is 3. The zero-order valence-corrected chi connectivity index (χ0v) is 30.0. The molecule has 0 bridgehead atoms. The zero-order valence-electron chi connectivity index (χ0n) is 30.0. The number of ether oxygens (including phenoxy) is 4. The Labute approximate surface area is 280 Å². The van der Waals surface area contributed by atoms with Crippen LogP contribution in [0.5, 0.6) is 0 Å². The van der Waals surface area contributed by atoms with Crippen LogP contribution in [0.4, 0.5) is 4.79 Å². The SMILES string of the molecule is C=C(C)C(=O)OCCCCCCCCCOC(=O)CC[C@H](NC(=O)OC(C)(C)C)C(=O)OCCCCCCCCCCCCCC. The molecule has 0 rings (SSSR count). The van der Waals surface area contributed by atoms with Crippen LogP contribution in [0, 0.1) is 0 Å². The van der Waals surface area contributed by atoms with Crippen molar-refractivity contribution in [2.24, 2.45) is 0 Å². The fourth-order valence-electron chi connectivity index (χ4n) is 4.81. The third-order valence-electron chi connectivity index (χ3n) is 7.49. The Bertz CT molecular complexity index is 836. The van der Waals surface area contributed by atoms with Crippen molar-refractivity contribution in [2.45, 2.75) is 181 Å². The highest BCUT2D eigenvalue weighted by molar-refractivity contribution is 5.86. The highest BCUT2D eigenvalue weighted by Gasteiger charge is 2.26. The Morgan fingerprint density at radius 1 is 0.630 bits per heavy atom. The Morgan fingerprint density at radius 3 is 1.48 bits per heavy atom.